The van der Waals surface area contributed by atoms with Crippen molar-refractivity contribution in [1.82, 2.24) is 13.7 Å². The van der Waals surface area contributed by atoms with Gasteiger partial charge in [0, 0.05) is 24.7 Å². The van der Waals surface area contributed by atoms with E-state index in [-0.39, 0.29) is 11.2 Å². The molecule has 1 aliphatic heterocycles. The van der Waals surface area contributed by atoms with Gasteiger partial charge < -0.3 is 9.30 Å². The predicted octanol–water partition coefficient (Wildman–Crippen LogP) is 4.52. The number of benzene rings is 2. The SMILES string of the molecule is Cc1ccc(-c2c3c(=O)n(C)c(=O)n(C)c3c3n2C(C)(C)CO[C@H]3c2ccccc2Cl)cc1. The zero-order valence-electron chi connectivity index (χ0n) is 19.3. The number of ether oxygens (including phenoxy) is 1. The first-order valence-electron chi connectivity index (χ1n) is 10.9. The van der Waals surface area contributed by atoms with Crippen molar-refractivity contribution in [2.45, 2.75) is 32.4 Å². The van der Waals surface area contributed by atoms with Gasteiger partial charge in [-0.15, -0.1) is 0 Å². The third-order valence-corrected chi connectivity index (χ3v) is 6.92. The molecule has 0 unspecified atom stereocenters. The largest absolute Gasteiger partial charge is 0.365 e. The molecule has 2 aromatic carbocycles. The number of aromatic nitrogens is 3. The Bertz CT molecular complexity index is 1520. The highest BCUT2D eigenvalue weighted by atomic mass is 35.5. The first kappa shape index (κ1) is 21.7. The molecule has 3 heterocycles. The fourth-order valence-electron chi connectivity index (χ4n) is 4.91. The third kappa shape index (κ3) is 3.12. The van der Waals surface area contributed by atoms with Crippen LogP contribution in [0.1, 0.15) is 36.8 Å². The van der Waals surface area contributed by atoms with Gasteiger partial charge in [-0.25, -0.2) is 4.79 Å². The fourth-order valence-corrected chi connectivity index (χ4v) is 5.14. The van der Waals surface area contributed by atoms with E-state index in [2.05, 4.69) is 18.4 Å². The molecule has 0 amide bonds. The van der Waals surface area contributed by atoms with Crippen molar-refractivity contribution in [1.29, 1.82) is 0 Å². The van der Waals surface area contributed by atoms with Crippen LogP contribution in [0.4, 0.5) is 0 Å². The molecule has 7 heteroatoms. The van der Waals surface area contributed by atoms with Crippen LogP contribution in [-0.2, 0) is 24.4 Å². The molecule has 0 saturated heterocycles. The van der Waals surface area contributed by atoms with Gasteiger partial charge in [0.2, 0.25) is 0 Å². The van der Waals surface area contributed by atoms with Crippen LogP contribution in [-0.4, -0.2) is 20.3 Å². The highest BCUT2D eigenvalue weighted by Gasteiger charge is 2.41. The topological polar surface area (TPSA) is 58.2 Å². The van der Waals surface area contributed by atoms with Crippen LogP contribution in [0, 0.1) is 6.92 Å². The third-order valence-electron chi connectivity index (χ3n) is 6.58. The summed E-state index contributed by atoms with van der Waals surface area (Å²) < 4.78 is 11.3. The van der Waals surface area contributed by atoms with Crippen LogP contribution in [0.5, 0.6) is 0 Å². The number of halogens is 1. The maximum atomic E-state index is 13.6. The van der Waals surface area contributed by atoms with E-state index in [4.69, 9.17) is 16.3 Å². The molecule has 4 aromatic rings. The Balaban J connectivity index is 2.03. The molecular formula is C26H26ClN3O3. The molecule has 0 bridgehead atoms. The smallest absolute Gasteiger partial charge is 0.331 e. The van der Waals surface area contributed by atoms with Gasteiger partial charge in [0.25, 0.3) is 5.56 Å². The second kappa shape index (κ2) is 7.47. The maximum absolute atomic E-state index is 13.6. The van der Waals surface area contributed by atoms with E-state index in [9.17, 15) is 9.59 Å². The van der Waals surface area contributed by atoms with Gasteiger partial charge >= 0.3 is 5.69 Å². The van der Waals surface area contributed by atoms with Crippen molar-refractivity contribution < 1.29 is 4.74 Å². The summed E-state index contributed by atoms with van der Waals surface area (Å²) in [7, 11) is 3.22. The van der Waals surface area contributed by atoms with Gasteiger partial charge in [0.15, 0.2) is 0 Å². The molecule has 170 valence electrons. The summed E-state index contributed by atoms with van der Waals surface area (Å²) in [6.45, 7) is 6.62. The molecule has 0 radical (unpaired) electrons. The van der Waals surface area contributed by atoms with Crippen molar-refractivity contribution >= 4 is 22.5 Å². The number of hydrogen-bond acceptors (Lipinski definition) is 3. The van der Waals surface area contributed by atoms with Gasteiger partial charge in [-0.1, -0.05) is 59.6 Å². The van der Waals surface area contributed by atoms with Crippen LogP contribution in [0.15, 0.2) is 58.1 Å². The second-order valence-electron chi connectivity index (χ2n) is 9.39. The van der Waals surface area contributed by atoms with Crippen LogP contribution < -0.4 is 11.2 Å². The fraction of sp³-hybridized carbons (Fsp3) is 0.308. The Morgan fingerprint density at radius 1 is 1.00 bits per heavy atom. The predicted molar refractivity (Wildman–Crippen MR) is 131 cm³/mol. The summed E-state index contributed by atoms with van der Waals surface area (Å²) in [5.41, 5.74) is 3.83. The highest BCUT2D eigenvalue weighted by molar-refractivity contribution is 6.31. The first-order chi connectivity index (χ1) is 15.6. The number of fused-ring (bicyclic) bond motifs is 3. The Hall–Kier alpha value is -3.09. The molecule has 0 fully saturated rings. The summed E-state index contributed by atoms with van der Waals surface area (Å²) in [5.74, 6) is 0. The van der Waals surface area contributed by atoms with Crippen LogP contribution in [0.3, 0.4) is 0 Å². The van der Waals surface area contributed by atoms with E-state index in [1.165, 1.54) is 11.6 Å². The van der Waals surface area contributed by atoms with E-state index in [1.807, 2.05) is 55.5 Å². The Kier molecular flexibility index (Phi) is 4.92. The van der Waals surface area contributed by atoms with Gasteiger partial charge in [-0.3, -0.25) is 13.9 Å². The Labute approximate surface area is 196 Å². The normalized spacial score (nSPS) is 17.3. The lowest BCUT2D eigenvalue weighted by molar-refractivity contribution is -0.00702. The molecular weight excluding hydrogens is 438 g/mol. The molecule has 1 aliphatic rings. The molecule has 0 aliphatic carbocycles. The zero-order chi connectivity index (χ0) is 23.7. The van der Waals surface area contributed by atoms with E-state index in [0.29, 0.717) is 22.5 Å². The van der Waals surface area contributed by atoms with E-state index in [0.717, 1.165) is 28.1 Å². The quantitative estimate of drug-likeness (QED) is 0.439. The monoisotopic (exact) mass is 463 g/mol. The van der Waals surface area contributed by atoms with E-state index >= 15 is 0 Å². The van der Waals surface area contributed by atoms with Crippen LogP contribution in [0.2, 0.25) is 5.02 Å². The average Bonchev–Trinajstić information content (AvgIpc) is 3.15. The lowest BCUT2D eigenvalue weighted by Crippen LogP contribution is -2.40. The Morgan fingerprint density at radius 3 is 2.33 bits per heavy atom. The number of rotatable bonds is 2. The van der Waals surface area contributed by atoms with Crippen molar-refractivity contribution in [2.24, 2.45) is 14.1 Å². The molecule has 33 heavy (non-hydrogen) atoms. The van der Waals surface area contributed by atoms with E-state index < -0.39 is 11.6 Å². The lowest BCUT2D eigenvalue weighted by atomic mass is 9.98. The molecule has 0 N–H and O–H groups in total. The highest BCUT2D eigenvalue weighted by Crippen LogP contribution is 2.46. The number of hydrogen-bond donors (Lipinski definition) is 0. The first-order valence-corrected chi connectivity index (χ1v) is 11.3. The Morgan fingerprint density at radius 2 is 1.67 bits per heavy atom. The van der Waals surface area contributed by atoms with Gasteiger partial charge in [-0.05, 0) is 32.4 Å². The second-order valence-corrected chi connectivity index (χ2v) is 9.80. The van der Waals surface area contributed by atoms with Gasteiger partial charge in [0.1, 0.15) is 6.10 Å². The molecule has 0 saturated carbocycles. The summed E-state index contributed by atoms with van der Waals surface area (Å²) in [6, 6.07) is 15.7. The summed E-state index contributed by atoms with van der Waals surface area (Å²) in [6.07, 6.45) is -0.522. The van der Waals surface area contributed by atoms with Crippen LogP contribution >= 0.6 is 11.6 Å². The van der Waals surface area contributed by atoms with E-state index in [1.54, 1.807) is 11.6 Å². The number of nitrogens with zero attached hydrogens (tertiary/aromatic N) is 3. The van der Waals surface area contributed by atoms with Gasteiger partial charge in [-0.2, -0.15) is 0 Å². The van der Waals surface area contributed by atoms with Crippen molar-refractivity contribution in [2.75, 3.05) is 6.61 Å². The lowest BCUT2D eigenvalue weighted by Gasteiger charge is -2.39. The zero-order valence-corrected chi connectivity index (χ0v) is 20.1. The molecule has 5 rings (SSSR count). The summed E-state index contributed by atoms with van der Waals surface area (Å²) in [4.78, 5) is 26.6. The average molecular weight is 464 g/mol. The minimum absolute atomic E-state index is 0.320. The standard InChI is InChI=1S/C26H26ClN3O3/c1-15-10-12-16(13-11-15)20-19-21(28(4)25(32)29(5)24(19)31)22-23(17-8-6-7-9-18(17)27)33-14-26(2,3)30(20)22/h6-13,23H,14H2,1-5H3/t23-/m0/s1. The number of aryl methyl sites for hydroxylation is 2. The van der Waals surface area contributed by atoms with Gasteiger partial charge in [0.05, 0.1) is 34.4 Å². The molecule has 1 atom stereocenters. The molecule has 6 nitrogen and oxygen atoms in total. The van der Waals surface area contributed by atoms with Crippen molar-refractivity contribution in [3.05, 3.63) is 91.2 Å². The summed E-state index contributed by atoms with van der Waals surface area (Å²) in [5, 5.41) is 1.09. The molecule has 0 spiro atoms. The van der Waals surface area contributed by atoms with Crippen molar-refractivity contribution in [3.63, 3.8) is 0 Å². The maximum Gasteiger partial charge on any atom is 0.331 e. The van der Waals surface area contributed by atoms with Crippen LogP contribution in [0.25, 0.3) is 22.2 Å². The van der Waals surface area contributed by atoms with Crippen molar-refractivity contribution in [3.8, 4) is 11.3 Å². The summed E-state index contributed by atoms with van der Waals surface area (Å²) >= 11 is 6.59. The minimum Gasteiger partial charge on any atom is -0.365 e. The minimum atomic E-state index is -0.522. The molecule has 2 aromatic heterocycles.